The highest BCUT2D eigenvalue weighted by Crippen LogP contribution is 2.27. The number of aromatic nitrogens is 3. The molecule has 6 nitrogen and oxygen atoms in total. The molecular weight excluding hydrogens is 415 g/mol. The van der Waals surface area contributed by atoms with Gasteiger partial charge in [0.25, 0.3) is 0 Å². The van der Waals surface area contributed by atoms with E-state index in [1.807, 2.05) is 12.1 Å². The maximum atomic E-state index is 13.8. The minimum Gasteiger partial charge on any atom is -0.494 e. The molecule has 0 spiro atoms. The number of nitrogens with zero attached hydrogens (tertiary/aromatic N) is 3. The molecule has 2 heterocycles. The molecule has 4 rings (SSSR count). The highest BCUT2D eigenvalue weighted by atomic mass is 32.2. The number of carbonyl (C=O) groups excluding carboxylic acids is 1. The van der Waals surface area contributed by atoms with E-state index in [1.165, 1.54) is 42.1 Å². The molecule has 0 aliphatic carbocycles. The van der Waals surface area contributed by atoms with Gasteiger partial charge in [-0.25, -0.2) is 13.9 Å². The number of hydrogen-bond donors (Lipinski definition) is 1. The standard InChI is InChI=1S/C23H21FN4O2S/c1-14-4-5-16(10-15(14)2)19-12-20-23(25-8-9-28(20)27-19)31-13-22(29)26-17-6-7-21(30-3)18(24)11-17/h4-12H,13H2,1-3H3,(H,26,29). The van der Waals surface area contributed by atoms with E-state index in [4.69, 9.17) is 4.74 Å². The van der Waals surface area contributed by atoms with E-state index in [1.54, 1.807) is 23.0 Å². The van der Waals surface area contributed by atoms with E-state index in [0.717, 1.165) is 16.8 Å². The Morgan fingerprint density at radius 1 is 1.16 bits per heavy atom. The van der Waals surface area contributed by atoms with Crippen LogP contribution in [0.15, 0.2) is 59.9 Å². The fourth-order valence-electron chi connectivity index (χ4n) is 3.13. The molecule has 0 saturated heterocycles. The summed E-state index contributed by atoms with van der Waals surface area (Å²) in [5.74, 6) is -0.529. The normalized spacial score (nSPS) is 11.0. The van der Waals surface area contributed by atoms with Gasteiger partial charge in [0.2, 0.25) is 5.91 Å². The monoisotopic (exact) mass is 436 g/mol. The summed E-state index contributed by atoms with van der Waals surface area (Å²) in [6.07, 6.45) is 3.44. The number of nitrogens with one attached hydrogen (secondary N) is 1. The first-order chi connectivity index (χ1) is 14.9. The number of anilines is 1. The number of hydrogen-bond acceptors (Lipinski definition) is 5. The Balaban J connectivity index is 1.49. The number of ether oxygens (including phenoxy) is 1. The van der Waals surface area contributed by atoms with Crippen LogP contribution in [0, 0.1) is 19.7 Å². The third-order valence-corrected chi connectivity index (χ3v) is 5.93. The molecule has 2 aromatic heterocycles. The van der Waals surface area contributed by atoms with Gasteiger partial charge in [-0.3, -0.25) is 4.79 Å². The molecule has 0 aliphatic heterocycles. The van der Waals surface area contributed by atoms with Crippen LogP contribution in [0.5, 0.6) is 5.75 Å². The van der Waals surface area contributed by atoms with Crippen molar-refractivity contribution in [3.8, 4) is 17.0 Å². The number of rotatable bonds is 6. The number of carbonyl (C=O) groups is 1. The first-order valence-electron chi connectivity index (χ1n) is 9.63. The Kier molecular flexibility index (Phi) is 5.90. The van der Waals surface area contributed by atoms with Gasteiger partial charge in [0.1, 0.15) is 5.03 Å². The van der Waals surface area contributed by atoms with Crippen LogP contribution < -0.4 is 10.1 Å². The van der Waals surface area contributed by atoms with E-state index < -0.39 is 5.82 Å². The molecule has 0 fully saturated rings. The van der Waals surface area contributed by atoms with Gasteiger partial charge in [-0.2, -0.15) is 5.10 Å². The van der Waals surface area contributed by atoms with Crippen LogP contribution in [0.25, 0.3) is 16.8 Å². The van der Waals surface area contributed by atoms with Crippen LogP contribution in [0.2, 0.25) is 0 Å². The first kappa shape index (κ1) is 20.9. The maximum Gasteiger partial charge on any atom is 0.234 e. The molecule has 0 atom stereocenters. The summed E-state index contributed by atoms with van der Waals surface area (Å²) in [7, 11) is 1.39. The first-order valence-corrected chi connectivity index (χ1v) is 10.6. The Morgan fingerprint density at radius 3 is 2.74 bits per heavy atom. The van der Waals surface area contributed by atoms with Gasteiger partial charge in [-0.05, 0) is 49.2 Å². The van der Waals surface area contributed by atoms with Crippen molar-refractivity contribution in [1.82, 2.24) is 14.6 Å². The SMILES string of the molecule is COc1ccc(NC(=O)CSc2nccn3nc(-c4ccc(C)c(C)c4)cc23)cc1F. The van der Waals surface area contributed by atoms with Crippen molar-refractivity contribution < 1.29 is 13.9 Å². The number of aryl methyl sites for hydroxylation is 2. The van der Waals surface area contributed by atoms with Gasteiger partial charge in [0.05, 0.1) is 24.1 Å². The molecule has 0 aliphatic rings. The maximum absolute atomic E-state index is 13.8. The molecule has 0 bridgehead atoms. The number of halogens is 1. The van der Waals surface area contributed by atoms with Gasteiger partial charge in [-0.1, -0.05) is 23.9 Å². The summed E-state index contributed by atoms with van der Waals surface area (Å²) < 4.78 is 20.5. The highest BCUT2D eigenvalue weighted by Gasteiger charge is 2.13. The third kappa shape index (κ3) is 4.54. The molecular formula is C23H21FN4O2S. The number of thioether (sulfide) groups is 1. The number of methoxy groups -OCH3 is 1. The molecule has 8 heteroatoms. The van der Waals surface area contributed by atoms with Crippen molar-refractivity contribution in [2.24, 2.45) is 0 Å². The zero-order valence-electron chi connectivity index (χ0n) is 17.3. The second kappa shape index (κ2) is 8.77. The Bertz CT molecular complexity index is 1270. The predicted octanol–water partition coefficient (Wildman–Crippen LogP) is 4.89. The van der Waals surface area contributed by atoms with Crippen LogP contribution in [-0.4, -0.2) is 33.4 Å². The lowest BCUT2D eigenvalue weighted by Crippen LogP contribution is -2.14. The van der Waals surface area contributed by atoms with Crippen molar-refractivity contribution in [3.05, 3.63) is 71.8 Å². The fourth-order valence-corrected chi connectivity index (χ4v) is 3.90. The molecule has 2 aromatic carbocycles. The van der Waals surface area contributed by atoms with Gasteiger partial charge < -0.3 is 10.1 Å². The number of benzene rings is 2. The summed E-state index contributed by atoms with van der Waals surface area (Å²) in [5, 5.41) is 8.03. The van der Waals surface area contributed by atoms with Crippen molar-refractivity contribution in [2.45, 2.75) is 18.9 Å². The molecule has 4 aromatic rings. The van der Waals surface area contributed by atoms with Crippen LogP contribution in [0.1, 0.15) is 11.1 Å². The predicted molar refractivity (Wildman–Crippen MR) is 120 cm³/mol. The number of amides is 1. The lowest BCUT2D eigenvalue weighted by molar-refractivity contribution is -0.113. The van der Waals surface area contributed by atoms with E-state index in [9.17, 15) is 9.18 Å². The Morgan fingerprint density at radius 2 is 2.00 bits per heavy atom. The Hall–Kier alpha value is -3.39. The smallest absolute Gasteiger partial charge is 0.234 e. The summed E-state index contributed by atoms with van der Waals surface area (Å²) >= 11 is 1.30. The average molecular weight is 437 g/mol. The van der Waals surface area contributed by atoms with Gasteiger partial charge >= 0.3 is 0 Å². The summed E-state index contributed by atoms with van der Waals surface area (Å²) in [6.45, 7) is 4.15. The van der Waals surface area contributed by atoms with Gasteiger partial charge in [0, 0.05) is 29.7 Å². The van der Waals surface area contributed by atoms with Crippen molar-refractivity contribution in [3.63, 3.8) is 0 Å². The lowest BCUT2D eigenvalue weighted by Gasteiger charge is -2.07. The minimum atomic E-state index is -0.530. The van der Waals surface area contributed by atoms with Crippen LogP contribution in [0.4, 0.5) is 10.1 Å². The molecule has 1 N–H and O–H groups in total. The number of fused-ring (bicyclic) bond motifs is 1. The van der Waals surface area contributed by atoms with E-state index in [-0.39, 0.29) is 17.4 Å². The average Bonchev–Trinajstić information content (AvgIpc) is 3.19. The summed E-state index contributed by atoms with van der Waals surface area (Å²) in [4.78, 5) is 16.8. The largest absolute Gasteiger partial charge is 0.494 e. The topological polar surface area (TPSA) is 68.5 Å². The van der Waals surface area contributed by atoms with Crippen LogP contribution in [0.3, 0.4) is 0 Å². The zero-order chi connectivity index (χ0) is 22.0. The lowest BCUT2D eigenvalue weighted by atomic mass is 10.0. The van der Waals surface area contributed by atoms with Crippen LogP contribution >= 0.6 is 11.8 Å². The Labute approximate surface area is 183 Å². The second-order valence-corrected chi connectivity index (χ2v) is 8.04. The van der Waals surface area contributed by atoms with Crippen molar-refractivity contribution >= 4 is 28.9 Å². The van der Waals surface area contributed by atoms with Gasteiger partial charge in [-0.15, -0.1) is 0 Å². The van der Waals surface area contributed by atoms with Crippen molar-refractivity contribution in [1.29, 1.82) is 0 Å². The third-order valence-electron chi connectivity index (χ3n) is 4.93. The highest BCUT2D eigenvalue weighted by molar-refractivity contribution is 8.00. The molecule has 0 radical (unpaired) electrons. The van der Waals surface area contributed by atoms with E-state index in [2.05, 4.69) is 41.4 Å². The zero-order valence-corrected chi connectivity index (χ0v) is 18.2. The van der Waals surface area contributed by atoms with Crippen LogP contribution in [-0.2, 0) is 4.79 Å². The van der Waals surface area contributed by atoms with E-state index >= 15 is 0 Å². The van der Waals surface area contributed by atoms with Gasteiger partial charge in [0.15, 0.2) is 11.6 Å². The molecule has 31 heavy (non-hydrogen) atoms. The molecule has 1 amide bonds. The molecule has 0 unspecified atom stereocenters. The fraction of sp³-hybridized carbons (Fsp3) is 0.174. The molecule has 158 valence electrons. The minimum absolute atomic E-state index is 0.128. The summed E-state index contributed by atoms with van der Waals surface area (Å²) in [6, 6.07) is 12.5. The quantitative estimate of drug-likeness (QED) is 0.436. The second-order valence-electron chi connectivity index (χ2n) is 7.08. The summed E-state index contributed by atoms with van der Waals surface area (Å²) in [5.41, 5.74) is 5.50. The van der Waals surface area contributed by atoms with E-state index in [0.29, 0.717) is 10.7 Å². The van der Waals surface area contributed by atoms with Crippen molar-refractivity contribution in [2.75, 3.05) is 18.2 Å². The molecule has 0 saturated carbocycles.